The first kappa shape index (κ1) is 8.55. The van der Waals surface area contributed by atoms with Crippen LogP contribution in [0.1, 0.15) is 26.7 Å². The highest BCUT2D eigenvalue weighted by Crippen LogP contribution is 2.46. The van der Waals surface area contributed by atoms with E-state index in [2.05, 4.69) is 4.85 Å². The minimum absolute atomic E-state index is 0.256. The van der Waals surface area contributed by atoms with Crippen LogP contribution < -0.4 is 0 Å². The Labute approximate surface area is 68.4 Å². The predicted octanol–water partition coefficient (Wildman–Crippen LogP) is 2.11. The van der Waals surface area contributed by atoms with Crippen molar-refractivity contribution in [3.63, 3.8) is 0 Å². The van der Waals surface area contributed by atoms with Gasteiger partial charge in [0.25, 0.3) is 0 Å². The van der Waals surface area contributed by atoms with Crippen molar-refractivity contribution in [3.8, 4) is 0 Å². The van der Waals surface area contributed by atoms with E-state index < -0.39 is 0 Å². The Morgan fingerprint density at radius 1 is 1.55 bits per heavy atom. The van der Waals surface area contributed by atoms with E-state index in [-0.39, 0.29) is 5.41 Å². The van der Waals surface area contributed by atoms with Crippen LogP contribution in [-0.2, 0) is 4.74 Å². The van der Waals surface area contributed by atoms with Crippen LogP contribution in [0.4, 0.5) is 0 Å². The van der Waals surface area contributed by atoms with E-state index in [4.69, 9.17) is 11.3 Å². The quantitative estimate of drug-likeness (QED) is 0.564. The van der Waals surface area contributed by atoms with Crippen molar-refractivity contribution in [2.24, 2.45) is 5.41 Å². The summed E-state index contributed by atoms with van der Waals surface area (Å²) in [5, 5.41) is 0. The topological polar surface area (TPSA) is 13.6 Å². The zero-order chi connectivity index (χ0) is 8.32. The lowest BCUT2D eigenvalue weighted by Crippen LogP contribution is -2.16. The number of hydrogen-bond acceptors (Lipinski definition) is 1. The van der Waals surface area contributed by atoms with E-state index in [1.165, 1.54) is 12.8 Å². The molecule has 0 spiro atoms. The van der Waals surface area contributed by atoms with Crippen LogP contribution in [0.5, 0.6) is 0 Å². The fraction of sp³-hybridized carbons (Fsp3) is 0.889. The molecule has 0 aromatic heterocycles. The molecule has 62 valence electrons. The van der Waals surface area contributed by atoms with Crippen molar-refractivity contribution in [2.75, 3.05) is 13.2 Å². The van der Waals surface area contributed by atoms with Gasteiger partial charge < -0.3 is 9.58 Å². The average molecular weight is 153 g/mol. The lowest BCUT2D eigenvalue weighted by atomic mass is 10.1. The van der Waals surface area contributed by atoms with Gasteiger partial charge in [-0.1, -0.05) is 0 Å². The molecule has 2 nitrogen and oxygen atoms in total. The minimum Gasteiger partial charge on any atom is -0.378 e. The summed E-state index contributed by atoms with van der Waals surface area (Å²) < 4.78 is 5.48. The van der Waals surface area contributed by atoms with Gasteiger partial charge in [0, 0.05) is 0 Å². The Kier molecular flexibility index (Phi) is 2.51. The normalized spacial score (nSPS) is 19.8. The van der Waals surface area contributed by atoms with Crippen molar-refractivity contribution < 1.29 is 4.74 Å². The summed E-state index contributed by atoms with van der Waals surface area (Å²) >= 11 is 0. The molecule has 1 fully saturated rings. The van der Waals surface area contributed by atoms with Gasteiger partial charge in [0.15, 0.2) is 0 Å². The molecule has 11 heavy (non-hydrogen) atoms. The van der Waals surface area contributed by atoms with Gasteiger partial charge in [0.1, 0.15) is 0 Å². The average Bonchev–Trinajstić information content (AvgIpc) is 2.67. The Morgan fingerprint density at radius 2 is 2.18 bits per heavy atom. The first-order valence-electron chi connectivity index (χ1n) is 4.13. The molecule has 0 radical (unpaired) electrons. The Bertz CT molecular complexity index is 165. The van der Waals surface area contributed by atoms with Gasteiger partial charge in [-0.2, -0.15) is 0 Å². The molecule has 1 rings (SSSR count). The third-order valence-corrected chi connectivity index (χ3v) is 2.09. The molecule has 0 aliphatic heterocycles. The van der Waals surface area contributed by atoms with Gasteiger partial charge in [0.2, 0.25) is 6.54 Å². The first-order valence-corrected chi connectivity index (χ1v) is 4.13. The summed E-state index contributed by atoms with van der Waals surface area (Å²) in [5.41, 5.74) is 0.256. The van der Waals surface area contributed by atoms with Crippen LogP contribution in [0, 0.1) is 12.0 Å². The van der Waals surface area contributed by atoms with Gasteiger partial charge in [-0.15, -0.1) is 0 Å². The molecule has 0 aromatic carbocycles. The molecule has 0 N–H and O–H groups in total. The maximum Gasteiger partial charge on any atom is 0.222 e. The molecule has 0 unspecified atom stereocenters. The molecule has 1 aliphatic rings. The summed E-state index contributed by atoms with van der Waals surface area (Å²) in [6.07, 6.45) is 2.67. The third-order valence-electron chi connectivity index (χ3n) is 2.09. The highest BCUT2D eigenvalue weighted by Gasteiger charge is 2.46. The fourth-order valence-corrected chi connectivity index (χ4v) is 1.04. The zero-order valence-corrected chi connectivity index (χ0v) is 7.26. The lowest BCUT2D eigenvalue weighted by molar-refractivity contribution is 0.0477. The second kappa shape index (κ2) is 3.23. The maximum absolute atomic E-state index is 6.75. The third kappa shape index (κ3) is 2.51. The first-order chi connectivity index (χ1) is 5.18. The van der Waals surface area contributed by atoms with E-state index in [1.54, 1.807) is 0 Å². The predicted molar refractivity (Wildman–Crippen MR) is 44.2 cm³/mol. The van der Waals surface area contributed by atoms with E-state index in [0.29, 0.717) is 12.6 Å². The molecule has 1 saturated carbocycles. The smallest absolute Gasteiger partial charge is 0.222 e. The molecule has 0 bridgehead atoms. The Balaban J connectivity index is 2.20. The number of hydrogen-bond donors (Lipinski definition) is 0. The van der Waals surface area contributed by atoms with Gasteiger partial charge in [0.05, 0.1) is 18.1 Å². The monoisotopic (exact) mass is 153 g/mol. The van der Waals surface area contributed by atoms with Crippen LogP contribution in [0.15, 0.2) is 0 Å². The van der Waals surface area contributed by atoms with E-state index in [0.717, 1.165) is 6.61 Å². The van der Waals surface area contributed by atoms with Crippen molar-refractivity contribution in [1.29, 1.82) is 0 Å². The molecule has 0 atom stereocenters. The highest BCUT2D eigenvalue weighted by atomic mass is 16.5. The van der Waals surface area contributed by atoms with Crippen LogP contribution in [0.2, 0.25) is 0 Å². The van der Waals surface area contributed by atoms with Gasteiger partial charge in [-0.3, -0.25) is 0 Å². The minimum atomic E-state index is 0.256. The fourth-order valence-electron chi connectivity index (χ4n) is 1.04. The summed E-state index contributed by atoms with van der Waals surface area (Å²) in [5.74, 6) is 0. The molecular formula is C9H15NO. The molecule has 1 aliphatic carbocycles. The van der Waals surface area contributed by atoms with Crippen LogP contribution in [0.25, 0.3) is 4.85 Å². The SMILES string of the molecule is [C-]#[N+]CC1(COC(C)C)CC1. The highest BCUT2D eigenvalue weighted by molar-refractivity contribution is 4.98. The van der Waals surface area contributed by atoms with Crippen LogP contribution >= 0.6 is 0 Å². The van der Waals surface area contributed by atoms with Crippen molar-refractivity contribution in [1.82, 2.24) is 0 Å². The number of rotatable bonds is 4. The zero-order valence-electron chi connectivity index (χ0n) is 7.26. The van der Waals surface area contributed by atoms with Gasteiger partial charge >= 0.3 is 0 Å². The maximum atomic E-state index is 6.75. The second-order valence-electron chi connectivity index (χ2n) is 3.68. The standard InChI is InChI=1S/C9H15NO/c1-8(2)11-7-9(4-5-9)6-10-3/h8H,4-7H2,1-2H3. The molecule has 0 saturated heterocycles. The van der Waals surface area contributed by atoms with Crippen molar-refractivity contribution in [2.45, 2.75) is 32.8 Å². The Hall–Kier alpha value is -0.550. The Morgan fingerprint density at radius 3 is 2.55 bits per heavy atom. The summed E-state index contributed by atoms with van der Waals surface area (Å²) in [4.78, 5) is 3.42. The van der Waals surface area contributed by atoms with E-state index in [9.17, 15) is 0 Å². The lowest BCUT2D eigenvalue weighted by Gasteiger charge is -2.11. The summed E-state index contributed by atoms with van der Waals surface area (Å²) in [6.45, 7) is 12.3. The van der Waals surface area contributed by atoms with Crippen LogP contribution in [-0.4, -0.2) is 19.3 Å². The molecule has 0 aromatic rings. The molecule has 0 heterocycles. The van der Waals surface area contributed by atoms with Gasteiger partial charge in [-0.25, -0.2) is 6.57 Å². The number of ether oxygens (including phenoxy) is 1. The summed E-state index contributed by atoms with van der Waals surface area (Å²) in [7, 11) is 0. The van der Waals surface area contributed by atoms with Crippen molar-refractivity contribution in [3.05, 3.63) is 11.4 Å². The largest absolute Gasteiger partial charge is 0.378 e. The molecular weight excluding hydrogens is 138 g/mol. The second-order valence-corrected chi connectivity index (χ2v) is 3.68. The number of nitrogens with zero attached hydrogens (tertiary/aromatic N) is 1. The van der Waals surface area contributed by atoms with Gasteiger partial charge in [-0.05, 0) is 26.7 Å². The van der Waals surface area contributed by atoms with Crippen LogP contribution in [0.3, 0.4) is 0 Å². The van der Waals surface area contributed by atoms with E-state index in [1.807, 2.05) is 13.8 Å². The van der Waals surface area contributed by atoms with E-state index >= 15 is 0 Å². The summed E-state index contributed by atoms with van der Waals surface area (Å²) in [6, 6.07) is 0. The van der Waals surface area contributed by atoms with Crippen molar-refractivity contribution >= 4 is 0 Å². The molecule has 2 heteroatoms. The molecule has 0 amide bonds.